The summed E-state index contributed by atoms with van der Waals surface area (Å²) in [4.78, 5) is 36.9. The topological polar surface area (TPSA) is 79.8 Å². The first-order valence-electron chi connectivity index (χ1n) is 7.12. The average molecular weight is 330 g/mol. The standard InChI is InChI=1S/C17H13ClN2O3/c1-19-8-15(21)20-14-7-12-11(6-13(14)18)16(22)9-4-2-3-5-10(9)17(12)23/h2-7,19H,8H2,1H3,(H,20,21)/p+1. The molecule has 2 aromatic carbocycles. The van der Waals surface area contributed by atoms with Crippen LogP contribution in [0.4, 0.5) is 5.69 Å². The predicted molar refractivity (Wildman–Crippen MR) is 86.1 cm³/mol. The molecular weight excluding hydrogens is 316 g/mol. The van der Waals surface area contributed by atoms with Gasteiger partial charge in [-0.05, 0) is 12.1 Å². The van der Waals surface area contributed by atoms with E-state index in [9.17, 15) is 14.4 Å². The van der Waals surface area contributed by atoms with Gasteiger partial charge in [0.15, 0.2) is 18.1 Å². The molecule has 0 radical (unpaired) electrons. The number of fused-ring (bicyclic) bond motifs is 2. The van der Waals surface area contributed by atoms with E-state index in [1.54, 1.807) is 36.6 Å². The van der Waals surface area contributed by atoms with Crippen LogP contribution >= 0.6 is 11.6 Å². The molecule has 1 aliphatic carbocycles. The number of halogens is 1. The van der Waals surface area contributed by atoms with Crippen molar-refractivity contribution in [3.63, 3.8) is 0 Å². The second-order valence-corrected chi connectivity index (χ2v) is 5.65. The Balaban J connectivity index is 2.08. The first-order valence-corrected chi connectivity index (χ1v) is 7.50. The molecule has 1 aliphatic rings. The number of amides is 1. The van der Waals surface area contributed by atoms with E-state index >= 15 is 0 Å². The van der Waals surface area contributed by atoms with Gasteiger partial charge in [0.2, 0.25) is 0 Å². The van der Waals surface area contributed by atoms with Crippen molar-refractivity contribution in [3.8, 4) is 0 Å². The van der Waals surface area contributed by atoms with Crippen LogP contribution in [-0.2, 0) is 4.79 Å². The summed E-state index contributed by atoms with van der Waals surface area (Å²) in [7, 11) is 1.77. The molecular formula is C17H14ClN2O3+. The van der Waals surface area contributed by atoms with Crippen LogP contribution in [0.25, 0.3) is 0 Å². The second-order valence-electron chi connectivity index (χ2n) is 5.24. The van der Waals surface area contributed by atoms with Crippen LogP contribution in [0, 0.1) is 0 Å². The molecule has 2 aromatic rings. The highest BCUT2D eigenvalue weighted by atomic mass is 35.5. The van der Waals surface area contributed by atoms with Crippen LogP contribution in [0.15, 0.2) is 36.4 Å². The summed E-state index contributed by atoms with van der Waals surface area (Å²) in [5.41, 5.74) is 1.59. The molecule has 0 atom stereocenters. The number of nitrogens with one attached hydrogen (secondary N) is 1. The summed E-state index contributed by atoms with van der Waals surface area (Å²) in [6.45, 7) is 0.239. The zero-order chi connectivity index (χ0) is 16.6. The highest BCUT2D eigenvalue weighted by Crippen LogP contribution is 2.33. The van der Waals surface area contributed by atoms with Gasteiger partial charge in [-0.15, -0.1) is 0 Å². The fourth-order valence-electron chi connectivity index (χ4n) is 2.60. The number of hydrogen-bond acceptors (Lipinski definition) is 3. The molecule has 0 saturated heterocycles. The average Bonchev–Trinajstić information content (AvgIpc) is 2.54. The first-order chi connectivity index (χ1) is 11.0. The quantitative estimate of drug-likeness (QED) is 0.759. The van der Waals surface area contributed by atoms with Crippen molar-refractivity contribution in [2.75, 3.05) is 18.9 Å². The summed E-state index contributed by atoms with van der Waals surface area (Å²) in [5.74, 6) is -0.717. The summed E-state index contributed by atoms with van der Waals surface area (Å²) in [5, 5.41) is 4.60. The van der Waals surface area contributed by atoms with Crippen LogP contribution in [-0.4, -0.2) is 31.1 Å². The number of hydrogen-bond donors (Lipinski definition) is 2. The van der Waals surface area contributed by atoms with E-state index in [0.717, 1.165) is 0 Å². The summed E-state index contributed by atoms with van der Waals surface area (Å²) < 4.78 is 0. The number of benzene rings is 2. The zero-order valence-electron chi connectivity index (χ0n) is 12.4. The minimum absolute atomic E-state index is 0.230. The minimum Gasteiger partial charge on any atom is -0.341 e. The fraction of sp³-hybridized carbons (Fsp3) is 0.118. The van der Waals surface area contributed by atoms with Gasteiger partial charge < -0.3 is 10.6 Å². The number of rotatable bonds is 3. The van der Waals surface area contributed by atoms with Gasteiger partial charge in [0, 0.05) is 22.3 Å². The first kappa shape index (κ1) is 15.4. The number of likely N-dealkylation sites (N-methyl/N-ethyl adjacent to an activating group) is 1. The van der Waals surface area contributed by atoms with Crippen LogP contribution in [0.3, 0.4) is 0 Å². The van der Waals surface area contributed by atoms with Gasteiger partial charge in [0.25, 0.3) is 5.91 Å². The van der Waals surface area contributed by atoms with E-state index in [2.05, 4.69) is 5.32 Å². The molecule has 0 aromatic heterocycles. The molecule has 0 unspecified atom stereocenters. The fourth-order valence-corrected chi connectivity index (χ4v) is 2.81. The van der Waals surface area contributed by atoms with Gasteiger partial charge in [-0.1, -0.05) is 35.9 Å². The smallest absolute Gasteiger partial charge is 0.279 e. The van der Waals surface area contributed by atoms with Crippen molar-refractivity contribution in [2.24, 2.45) is 0 Å². The van der Waals surface area contributed by atoms with Crippen molar-refractivity contribution in [2.45, 2.75) is 0 Å². The third kappa shape index (κ3) is 2.65. The SMILES string of the molecule is C[NH2+]CC(=O)Nc1cc2c(cc1Cl)C(=O)c1ccccc1C2=O. The van der Waals surface area contributed by atoms with Gasteiger partial charge in [-0.25, -0.2) is 0 Å². The Morgan fingerprint density at radius 3 is 2.17 bits per heavy atom. The Labute approximate surface area is 137 Å². The Morgan fingerprint density at radius 1 is 1.04 bits per heavy atom. The molecule has 0 fully saturated rings. The maximum Gasteiger partial charge on any atom is 0.279 e. The van der Waals surface area contributed by atoms with Crippen molar-refractivity contribution in [1.29, 1.82) is 0 Å². The molecule has 116 valence electrons. The number of carbonyl (C=O) groups is 3. The largest absolute Gasteiger partial charge is 0.341 e. The van der Waals surface area contributed by atoms with Gasteiger partial charge >= 0.3 is 0 Å². The predicted octanol–water partition coefficient (Wildman–Crippen LogP) is 1.25. The number of quaternary nitrogens is 1. The lowest BCUT2D eigenvalue weighted by Gasteiger charge is -2.19. The van der Waals surface area contributed by atoms with E-state index in [0.29, 0.717) is 16.8 Å². The summed E-state index contributed by atoms with van der Waals surface area (Å²) >= 11 is 6.16. The van der Waals surface area contributed by atoms with E-state index in [-0.39, 0.29) is 40.2 Å². The Kier molecular flexibility index (Phi) is 3.98. The lowest BCUT2D eigenvalue weighted by atomic mass is 9.84. The Morgan fingerprint density at radius 2 is 1.61 bits per heavy atom. The number of nitrogens with two attached hydrogens (primary N) is 1. The van der Waals surface area contributed by atoms with Gasteiger partial charge in [0.05, 0.1) is 17.8 Å². The Hall–Kier alpha value is -2.50. The summed E-state index contributed by atoms with van der Waals surface area (Å²) in [6, 6.07) is 9.59. The molecule has 3 N–H and O–H groups in total. The van der Waals surface area contributed by atoms with Crippen molar-refractivity contribution >= 4 is 34.8 Å². The highest BCUT2D eigenvalue weighted by Gasteiger charge is 2.30. The van der Waals surface area contributed by atoms with Gasteiger partial charge in [0.1, 0.15) is 0 Å². The van der Waals surface area contributed by atoms with E-state index in [1.165, 1.54) is 12.1 Å². The highest BCUT2D eigenvalue weighted by molar-refractivity contribution is 6.36. The number of carbonyl (C=O) groups excluding carboxylic acids is 3. The van der Waals surface area contributed by atoms with E-state index < -0.39 is 0 Å². The van der Waals surface area contributed by atoms with Crippen LogP contribution < -0.4 is 10.6 Å². The van der Waals surface area contributed by atoms with Crippen molar-refractivity contribution < 1.29 is 19.7 Å². The maximum absolute atomic E-state index is 12.6. The zero-order valence-corrected chi connectivity index (χ0v) is 13.1. The van der Waals surface area contributed by atoms with Crippen molar-refractivity contribution in [3.05, 3.63) is 63.7 Å². The van der Waals surface area contributed by atoms with Gasteiger partial charge in [-0.2, -0.15) is 0 Å². The monoisotopic (exact) mass is 329 g/mol. The normalized spacial score (nSPS) is 12.6. The molecule has 0 heterocycles. The number of ketones is 2. The van der Waals surface area contributed by atoms with Crippen molar-refractivity contribution in [1.82, 2.24) is 0 Å². The second kappa shape index (κ2) is 5.95. The molecule has 0 bridgehead atoms. The van der Waals surface area contributed by atoms with Crippen LogP contribution in [0.1, 0.15) is 31.8 Å². The summed E-state index contributed by atoms with van der Waals surface area (Å²) in [6.07, 6.45) is 0. The Bertz CT molecular complexity index is 846. The lowest BCUT2D eigenvalue weighted by molar-refractivity contribution is -0.615. The minimum atomic E-state index is -0.246. The molecule has 5 nitrogen and oxygen atoms in total. The maximum atomic E-state index is 12.6. The molecule has 0 saturated carbocycles. The molecule has 6 heteroatoms. The molecule has 3 rings (SSSR count). The van der Waals surface area contributed by atoms with E-state index in [1.807, 2.05) is 0 Å². The van der Waals surface area contributed by atoms with Gasteiger partial charge in [-0.3, -0.25) is 14.4 Å². The molecule has 0 spiro atoms. The molecule has 1 amide bonds. The van der Waals surface area contributed by atoms with Crippen LogP contribution in [0.2, 0.25) is 5.02 Å². The van der Waals surface area contributed by atoms with E-state index in [4.69, 9.17) is 11.6 Å². The van der Waals surface area contributed by atoms with Crippen LogP contribution in [0.5, 0.6) is 0 Å². The third-order valence-corrected chi connectivity index (χ3v) is 3.99. The third-order valence-electron chi connectivity index (χ3n) is 3.68. The molecule has 0 aliphatic heterocycles. The lowest BCUT2D eigenvalue weighted by Crippen LogP contribution is -2.82. The molecule has 23 heavy (non-hydrogen) atoms. The number of anilines is 1.